The van der Waals surface area contributed by atoms with Gasteiger partial charge in [-0.15, -0.1) is 0 Å². The summed E-state index contributed by atoms with van der Waals surface area (Å²) < 4.78 is 10.9. The molecular formula is C30H34O6. The Bertz CT molecular complexity index is 1130. The number of Topliss-reactive ketones (excluding diaryl/α,β-unsaturated/α-hetero) is 1. The third kappa shape index (κ3) is 7.18. The number of carbonyl (C=O) groups is 2. The number of carbonyl (C=O) groups excluding carboxylic acids is 1. The van der Waals surface area contributed by atoms with E-state index < -0.39 is 12.1 Å². The highest BCUT2D eigenvalue weighted by atomic mass is 16.5. The zero-order valence-electron chi connectivity index (χ0n) is 21.1. The summed E-state index contributed by atoms with van der Waals surface area (Å²) in [5.41, 5.74) is 3.98. The maximum atomic E-state index is 12.2. The number of aliphatic carboxylic acids is 1. The van der Waals surface area contributed by atoms with Crippen LogP contribution in [0.4, 0.5) is 0 Å². The van der Waals surface area contributed by atoms with Gasteiger partial charge in [0.25, 0.3) is 0 Å². The fraction of sp³-hybridized carbons (Fsp3) is 0.333. The first-order valence-corrected chi connectivity index (χ1v) is 12.1. The molecule has 0 saturated heterocycles. The van der Waals surface area contributed by atoms with E-state index in [0.717, 1.165) is 30.4 Å². The third-order valence-corrected chi connectivity index (χ3v) is 6.43. The van der Waals surface area contributed by atoms with Gasteiger partial charge in [0.15, 0.2) is 5.78 Å². The molecule has 36 heavy (non-hydrogen) atoms. The van der Waals surface area contributed by atoms with E-state index >= 15 is 0 Å². The van der Waals surface area contributed by atoms with Crippen LogP contribution in [0.5, 0.6) is 11.5 Å². The standard InChI is InChI=1S/C30H34O6/c1-20(31)29-26(35-2)18-25(19-27(29)36-3)30(34)24(11-7-10-21-8-5-4-6-9-21)16-22-12-14-23(15-13-22)17-28(32)33/h4-6,8-9,12-15,18-19,24,30,34H,7,10-11,16-17H2,1-3H3,(H,32,33)/t24-,30?/m1/s1. The van der Waals surface area contributed by atoms with Crippen LogP contribution in [0.15, 0.2) is 66.7 Å². The van der Waals surface area contributed by atoms with Gasteiger partial charge in [0.05, 0.1) is 26.7 Å². The maximum absolute atomic E-state index is 12.2. The Balaban J connectivity index is 1.87. The summed E-state index contributed by atoms with van der Waals surface area (Å²) in [6.45, 7) is 1.46. The molecular weight excluding hydrogens is 456 g/mol. The molecule has 0 heterocycles. The molecule has 2 atom stereocenters. The minimum atomic E-state index is -0.867. The van der Waals surface area contributed by atoms with Gasteiger partial charge in [0.1, 0.15) is 17.1 Å². The van der Waals surface area contributed by atoms with E-state index in [4.69, 9.17) is 14.6 Å². The molecule has 190 valence electrons. The number of ketones is 1. The first kappa shape index (κ1) is 27.0. The minimum Gasteiger partial charge on any atom is -0.496 e. The monoisotopic (exact) mass is 490 g/mol. The summed E-state index contributed by atoms with van der Waals surface area (Å²) >= 11 is 0. The normalized spacial score (nSPS) is 12.6. The molecule has 0 amide bonds. The molecule has 0 fully saturated rings. The predicted molar refractivity (Wildman–Crippen MR) is 139 cm³/mol. The lowest BCUT2D eigenvalue weighted by atomic mass is 9.84. The summed E-state index contributed by atoms with van der Waals surface area (Å²) in [5.74, 6) is -0.412. The van der Waals surface area contributed by atoms with Crippen LogP contribution in [-0.2, 0) is 24.1 Å². The molecule has 0 bridgehead atoms. The van der Waals surface area contributed by atoms with Gasteiger partial charge in [0.2, 0.25) is 0 Å². The molecule has 0 aliphatic rings. The summed E-state index contributed by atoms with van der Waals surface area (Å²) in [4.78, 5) is 23.2. The summed E-state index contributed by atoms with van der Waals surface area (Å²) in [6.07, 6.45) is 2.34. The topological polar surface area (TPSA) is 93.1 Å². The predicted octanol–water partition coefficient (Wildman–Crippen LogP) is 5.45. The van der Waals surface area contributed by atoms with Gasteiger partial charge in [-0.25, -0.2) is 0 Å². The quantitative estimate of drug-likeness (QED) is 0.310. The molecule has 0 aliphatic heterocycles. The van der Waals surface area contributed by atoms with Crippen molar-refractivity contribution in [1.82, 2.24) is 0 Å². The van der Waals surface area contributed by atoms with Crippen molar-refractivity contribution in [3.63, 3.8) is 0 Å². The van der Waals surface area contributed by atoms with E-state index in [1.165, 1.54) is 26.7 Å². The zero-order valence-corrected chi connectivity index (χ0v) is 21.1. The number of methoxy groups -OCH3 is 2. The van der Waals surface area contributed by atoms with Gasteiger partial charge < -0.3 is 19.7 Å². The van der Waals surface area contributed by atoms with Crippen molar-refractivity contribution >= 4 is 11.8 Å². The second-order valence-corrected chi connectivity index (χ2v) is 9.03. The Morgan fingerprint density at radius 1 is 0.861 bits per heavy atom. The van der Waals surface area contributed by atoms with Crippen molar-refractivity contribution in [1.29, 1.82) is 0 Å². The van der Waals surface area contributed by atoms with E-state index in [-0.39, 0.29) is 18.1 Å². The van der Waals surface area contributed by atoms with Crippen LogP contribution in [0, 0.1) is 5.92 Å². The lowest BCUT2D eigenvalue weighted by molar-refractivity contribution is -0.136. The number of carboxylic acid groups (broad SMARTS) is 1. The molecule has 6 heteroatoms. The molecule has 3 aromatic carbocycles. The summed E-state index contributed by atoms with van der Waals surface area (Å²) in [7, 11) is 2.99. The molecule has 0 radical (unpaired) electrons. The zero-order chi connectivity index (χ0) is 26.1. The first-order valence-electron chi connectivity index (χ1n) is 12.1. The van der Waals surface area contributed by atoms with Gasteiger partial charge >= 0.3 is 5.97 Å². The molecule has 3 rings (SSSR count). The molecule has 0 spiro atoms. The SMILES string of the molecule is COc1cc(C(O)[C@H](CCCc2ccccc2)Cc2ccc(CC(=O)O)cc2)cc(OC)c1C(C)=O. The average molecular weight is 491 g/mol. The van der Waals surface area contributed by atoms with Gasteiger partial charge in [-0.05, 0) is 72.9 Å². The Labute approximate surface area is 212 Å². The van der Waals surface area contributed by atoms with E-state index in [1.54, 1.807) is 12.1 Å². The minimum absolute atomic E-state index is 0.0223. The van der Waals surface area contributed by atoms with Gasteiger partial charge in [-0.3, -0.25) is 9.59 Å². The number of ether oxygens (including phenoxy) is 2. The number of aliphatic hydroxyl groups is 1. The Morgan fingerprint density at radius 3 is 1.97 bits per heavy atom. The van der Waals surface area contributed by atoms with E-state index in [2.05, 4.69) is 12.1 Å². The van der Waals surface area contributed by atoms with Crippen LogP contribution in [0.3, 0.4) is 0 Å². The Kier molecular flexibility index (Phi) is 9.65. The molecule has 0 aliphatic carbocycles. The van der Waals surface area contributed by atoms with Crippen molar-refractivity contribution in [2.24, 2.45) is 5.92 Å². The van der Waals surface area contributed by atoms with Gasteiger partial charge in [0, 0.05) is 0 Å². The van der Waals surface area contributed by atoms with E-state index in [9.17, 15) is 14.7 Å². The molecule has 3 aromatic rings. The van der Waals surface area contributed by atoms with Crippen LogP contribution in [0.1, 0.15) is 58.5 Å². The number of carboxylic acids is 1. The molecule has 0 saturated carbocycles. The number of rotatable bonds is 13. The third-order valence-electron chi connectivity index (χ3n) is 6.43. The first-order chi connectivity index (χ1) is 17.3. The Morgan fingerprint density at radius 2 is 1.44 bits per heavy atom. The van der Waals surface area contributed by atoms with Crippen molar-refractivity contribution in [3.8, 4) is 11.5 Å². The smallest absolute Gasteiger partial charge is 0.307 e. The van der Waals surface area contributed by atoms with E-state index in [1.807, 2.05) is 42.5 Å². The van der Waals surface area contributed by atoms with Crippen LogP contribution in [-0.4, -0.2) is 36.2 Å². The molecule has 1 unspecified atom stereocenters. The lowest BCUT2D eigenvalue weighted by Crippen LogP contribution is -2.17. The summed E-state index contributed by atoms with van der Waals surface area (Å²) in [5, 5.41) is 20.5. The van der Waals surface area contributed by atoms with Crippen LogP contribution >= 0.6 is 0 Å². The van der Waals surface area contributed by atoms with E-state index in [0.29, 0.717) is 29.0 Å². The summed E-state index contributed by atoms with van der Waals surface area (Å²) in [6, 6.07) is 21.2. The van der Waals surface area contributed by atoms with Gasteiger partial charge in [-0.1, -0.05) is 54.6 Å². The van der Waals surface area contributed by atoms with Crippen LogP contribution < -0.4 is 9.47 Å². The van der Waals surface area contributed by atoms with Crippen molar-refractivity contribution in [3.05, 3.63) is 94.5 Å². The maximum Gasteiger partial charge on any atom is 0.307 e. The lowest BCUT2D eigenvalue weighted by Gasteiger charge is -2.25. The van der Waals surface area contributed by atoms with Crippen molar-refractivity contribution in [2.75, 3.05) is 14.2 Å². The van der Waals surface area contributed by atoms with Crippen molar-refractivity contribution < 1.29 is 29.3 Å². The number of hydrogen-bond acceptors (Lipinski definition) is 5. The van der Waals surface area contributed by atoms with Crippen molar-refractivity contribution in [2.45, 2.75) is 45.1 Å². The fourth-order valence-corrected chi connectivity index (χ4v) is 4.58. The molecule has 2 N–H and O–H groups in total. The Hall–Kier alpha value is -3.64. The highest BCUT2D eigenvalue weighted by Crippen LogP contribution is 2.37. The highest BCUT2D eigenvalue weighted by molar-refractivity contribution is 5.99. The number of aliphatic hydroxyl groups excluding tert-OH is 1. The molecule has 0 aromatic heterocycles. The second-order valence-electron chi connectivity index (χ2n) is 9.03. The van der Waals surface area contributed by atoms with Crippen LogP contribution in [0.2, 0.25) is 0 Å². The number of aryl methyl sites for hydroxylation is 1. The average Bonchev–Trinajstić information content (AvgIpc) is 2.88. The highest BCUT2D eigenvalue weighted by Gasteiger charge is 2.25. The van der Waals surface area contributed by atoms with Gasteiger partial charge in [-0.2, -0.15) is 0 Å². The van der Waals surface area contributed by atoms with Crippen LogP contribution in [0.25, 0.3) is 0 Å². The second kappa shape index (κ2) is 12.9. The number of benzene rings is 3. The largest absolute Gasteiger partial charge is 0.496 e. The number of hydrogen-bond donors (Lipinski definition) is 2. The molecule has 6 nitrogen and oxygen atoms in total. The fourth-order valence-electron chi connectivity index (χ4n) is 4.58.